The number of halogens is 5. The van der Waals surface area contributed by atoms with Crippen molar-refractivity contribution in [2.24, 2.45) is 0 Å². The Balaban J connectivity index is 0.000000113. The van der Waals surface area contributed by atoms with Crippen molar-refractivity contribution in [3.05, 3.63) is 382 Å². The first kappa shape index (κ1) is 80.2. The molecular weight excluding hydrogens is 1610 g/mol. The molecule has 0 unspecified atom stereocenters. The van der Waals surface area contributed by atoms with E-state index in [1.54, 1.807) is 174 Å². The third kappa shape index (κ3) is 20.0. The van der Waals surface area contributed by atoms with Gasteiger partial charge in [0, 0.05) is 92.9 Å². The molecule has 14 aromatic heterocycles. The lowest BCUT2D eigenvalue weighted by Gasteiger charge is -2.07. The van der Waals surface area contributed by atoms with Crippen LogP contribution in [0.1, 0.15) is 27.8 Å². The van der Waals surface area contributed by atoms with E-state index in [9.17, 15) is 22.0 Å². The largest absolute Gasteiger partial charge is 0.253 e. The molecule has 33 heteroatoms. The molecule has 0 amide bonds. The third-order valence-corrected chi connectivity index (χ3v) is 19.8. The first-order valence-corrected chi connectivity index (χ1v) is 40.4. The van der Waals surface area contributed by atoms with Crippen molar-refractivity contribution in [2.45, 2.75) is 32.7 Å². The molecule has 122 heavy (non-hydrogen) atoms. The van der Waals surface area contributed by atoms with E-state index < -0.39 is 0 Å². The molecule has 0 atom stereocenters. The summed E-state index contributed by atoms with van der Waals surface area (Å²) < 4.78 is 78.4. The number of hydrogen-bond acceptors (Lipinski definition) is 23. The van der Waals surface area contributed by atoms with Crippen LogP contribution in [0.15, 0.2) is 325 Å². The normalized spacial score (nSPS) is 10.8. The molecule has 14 heterocycles. The highest BCUT2D eigenvalue weighted by Gasteiger charge is 2.23. The van der Waals surface area contributed by atoms with Crippen molar-refractivity contribution in [3.8, 4) is 115 Å². The summed E-state index contributed by atoms with van der Waals surface area (Å²) >= 11 is 4.41. The molecule has 0 fully saturated rings. The minimum absolute atomic E-state index is 0.249. The zero-order valence-corrected chi connectivity index (χ0v) is 66.5. The minimum Gasteiger partial charge on any atom is -0.253 e. The van der Waals surface area contributed by atoms with Crippen LogP contribution in [0, 0.1) is 29.1 Å². The smallest absolute Gasteiger partial charge is 0.219 e. The number of hydrogen-bond donors (Lipinski definition) is 0. The minimum atomic E-state index is -0.283. The molecule has 0 bridgehead atoms. The monoisotopic (exact) mass is 1670 g/mol. The fraction of sp³-hybridized carbons (Fsp3) is 0.0562. The van der Waals surface area contributed by atoms with E-state index in [0.29, 0.717) is 144 Å². The Hall–Kier alpha value is -15.6. The van der Waals surface area contributed by atoms with E-state index in [1.807, 2.05) is 144 Å². The molecule has 20 aromatic rings. The lowest BCUT2D eigenvalue weighted by atomic mass is 10.2. The van der Waals surface area contributed by atoms with Gasteiger partial charge in [0.25, 0.3) is 0 Å². The van der Waals surface area contributed by atoms with Gasteiger partial charge in [0.2, 0.25) is 11.6 Å². The summed E-state index contributed by atoms with van der Waals surface area (Å²) in [4.78, 5) is 65.6. The number of aromatic nitrogens is 25. The molecule has 0 spiro atoms. The van der Waals surface area contributed by atoms with Gasteiger partial charge < -0.3 is 0 Å². The molecular formula is C89H64F5N25S3. The van der Waals surface area contributed by atoms with Gasteiger partial charge in [0.05, 0.1) is 49.3 Å². The Morgan fingerprint density at radius 2 is 0.459 bits per heavy atom. The Morgan fingerprint density at radius 3 is 0.770 bits per heavy atom. The quantitative estimate of drug-likeness (QED) is 0.0641. The van der Waals surface area contributed by atoms with Crippen LogP contribution in [0.25, 0.3) is 115 Å². The summed E-state index contributed by atoms with van der Waals surface area (Å²) in [7, 11) is 0. The van der Waals surface area contributed by atoms with E-state index in [0.717, 1.165) is 5.56 Å². The van der Waals surface area contributed by atoms with Crippen LogP contribution in [-0.4, -0.2) is 124 Å². The molecule has 0 radical (unpaired) electrons. The molecule has 0 saturated carbocycles. The average Bonchev–Trinajstić information content (AvgIpc) is 1.19. The highest BCUT2D eigenvalue weighted by Crippen LogP contribution is 2.30. The predicted molar refractivity (Wildman–Crippen MR) is 454 cm³/mol. The van der Waals surface area contributed by atoms with Gasteiger partial charge in [-0.05, 0) is 97.1 Å². The Bertz CT molecular complexity index is 6370. The van der Waals surface area contributed by atoms with E-state index >= 15 is 0 Å². The van der Waals surface area contributed by atoms with Crippen LogP contribution in [0.4, 0.5) is 22.0 Å². The van der Waals surface area contributed by atoms with E-state index in [2.05, 4.69) is 100 Å². The van der Waals surface area contributed by atoms with Crippen molar-refractivity contribution < 1.29 is 22.0 Å². The molecule has 6 aromatic carbocycles. The number of nitrogens with zero attached hydrogens (tertiary/aromatic N) is 25. The second-order valence-electron chi connectivity index (χ2n) is 26.2. The third-order valence-electron chi connectivity index (χ3n) is 18.0. The van der Waals surface area contributed by atoms with Crippen molar-refractivity contribution in [1.82, 2.24) is 124 Å². The molecule has 0 aliphatic carbocycles. The highest BCUT2D eigenvalue weighted by molar-refractivity contribution is 7.08. The second-order valence-corrected chi connectivity index (χ2v) is 28.3. The Morgan fingerprint density at radius 1 is 0.205 bits per heavy atom. The Labute approximate surface area is 704 Å². The second kappa shape index (κ2) is 39.1. The number of rotatable bonds is 20. The van der Waals surface area contributed by atoms with Gasteiger partial charge in [-0.25, -0.2) is 95.2 Å². The van der Waals surface area contributed by atoms with Gasteiger partial charge in [-0.2, -0.15) is 0 Å². The van der Waals surface area contributed by atoms with Gasteiger partial charge in [0.15, 0.2) is 52.4 Å². The summed E-state index contributed by atoms with van der Waals surface area (Å²) in [5, 5.41) is 28.2. The summed E-state index contributed by atoms with van der Waals surface area (Å²) in [6, 6.07) is 72.5. The fourth-order valence-electron chi connectivity index (χ4n) is 12.1. The zero-order valence-electron chi connectivity index (χ0n) is 64.0. The van der Waals surface area contributed by atoms with Crippen molar-refractivity contribution >= 4 is 34.0 Å². The number of pyridine rings is 5. The molecule has 0 aliphatic rings. The first-order chi connectivity index (χ1) is 60.0. The van der Waals surface area contributed by atoms with Gasteiger partial charge in [-0.15, -0.1) is 59.5 Å². The van der Waals surface area contributed by atoms with E-state index in [4.69, 9.17) is 0 Å². The van der Waals surface area contributed by atoms with Crippen molar-refractivity contribution in [2.75, 3.05) is 0 Å². The van der Waals surface area contributed by atoms with Crippen LogP contribution in [-0.2, 0) is 32.7 Å². The van der Waals surface area contributed by atoms with Gasteiger partial charge in [-0.3, -0.25) is 24.9 Å². The SMILES string of the molecule is Fc1ccccc1Cn1nc(-c2ccccn2)nc1-c1ccccc1.Fc1ccccc1Cn1nc(-c2ccccn2)nc1-c1ccccn1.Fc1ccccc1Cn1nc(-c2ccccn2)nc1-c1cscn1.Fc1ccccc1Cn1nc(-c2cscn2)nc1-c1ccccn1.Fc1ccccc1Cn1nc(-c2ncccn2)nc1-c1cscn1. The maximum Gasteiger partial charge on any atom is 0.219 e. The maximum absolute atomic E-state index is 14.1. The van der Waals surface area contributed by atoms with Gasteiger partial charge >= 0.3 is 0 Å². The first-order valence-electron chi connectivity index (χ1n) is 37.5. The van der Waals surface area contributed by atoms with Gasteiger partial charge in [-0.1, -0.05) is 152 Å². The van der Waals surface area contributed by atoms with Crippen LogP contribution < -0.4 is 0 Å². The molecule has 598 valence electrons. The summed E-state index contributed by atoms with van der Waals surface area (Å²) in [6.45, 7) is 1.36. The summed E-state index contributed by atoms with van der Waals surface area (Å²) in [5.41, 5.74) is 14.3. The molecule has 0 N–H and O–H groups in total. The fourth-order valence-corrected chi connectivity index (χ4v) is 13.7. The summed E-state index contributed by atoms with van der Waals surface area (Å²) in [6.07, 6.45) is 11.7. The standard InChI is InChI=1S/C20H15FN4.C19H14FN5.2C17H12FN5S.C16H11FN6S/c21-17-11-5-4-10-16(17)14-25-20(15-8-2-1-3-9-15)23-19(24-25)18-12-6-7-13-22-18;20-15-8-2-1-7-14(15)13-25-19(17-10-4-6-12-22-17)23-18(24-25)16-9-3-5-11-21-16;18-13-6-2-1-5-12(13)9-23-17(14-7-3-4-8-19-14)21-16(22-23)15-10-24-11-20-15;18-13-6-2-1-5-12(13)9-23-17(15-10-24-11-20-15)21-16(22-23)14-7-3-4-8-19-14;17-12-5-2-1-4-11(12)8-23-16(13-9-24-10-20-13)21-15(22-23)14-18-6-3-7-19-14/h1-13H,14H2;1-12H,13H2;2*1-8,10-11H,9H2;1-7,9-10H,8H2. The van der Waals surface area contributed by atoms with Crippen LogP contribution >= 0.6 is 34.0 Å². The Kier molecular flexibility index (Phi) is 25.7. The van der Waals surface area contributed by atoms with Crippen molar-refractivity contribution in [3.63, 3.8) is 0 Å². The molecule has 25 nitrogen and oxygen atoms in total. The zero-order chi connectivity index (χ0) is 83.2. The lowest BCUT2D eigenvalue weighted by Crippen LogP contribution is -2.06. The van der Waals surface area contributed by atoms with Crippen LogP contribution in [0.2, 0.25) is 0 Å². The maximum atomic E-state index is 14.1. The molecule has 0 saturated heterocycles. The van der Waals surface area contributed by atoms with Crippen LogP contribution in [0.3, 0.4) is 0 Å². The predicted octanol–water partition coefficient (Wildman–Crippen LogP) is 18.1. The average molecular weight is 1670 g/mol. The molecule has 0 aliphatic heterocycles. The van der Waals surface area contributed by atoms with E-state index in [1.165, 1.54) is 64.3 Å². The molecule has 20 rings (SSSR count). The number of benzene rings is 6. The van der Waals surface area contributed by atoms with E-state index in [-0.39, 0.29) is 55.3 Å². The van der Waals surface area contributed by atoms with Crippen molar-refractivity contribution in [1.29, 1.82) is 0 Å². The number of thiazole rings is 3. The topological polar surface area (TPSA) is 282 Å². The summed E-state index contributed by atoms with van der Waals surface area (Å²) in [5.74, 6) is 4.47. The lowest BCUT2D eigenvalue weighted by molar-refractivity contribution is 0.586. The highest BCUT2D eigenvalue weighted by atomic mass is 32.1. The van der Waals surface area contributed by atoms with Crippen LogP contribution in [0.5, 0.6) is 0 Å². The van der Waals surface area contributed by atoms with Gasteiger partial charge in [0.1, 0.15) is 74.6 Å².